The molecule has 18 heavy (non-hydrogen) atoms. The van der Waals surface area contributed by atoms with Gasteiger partial charge in [-0.2, -0.15) is 0 Å². The van der Waals surface area contributed by atoms with Crippen LogP contribution < -0.4 is 5.32 Å². The molecule has 104 valence electrons. The van der Waals surface area contributed by atoms with Gasteiger partial charge in [-0.25, -0.2) is 0 Å². The van der Waals surface area contributed by atoms with Gasteiger partial charge < -0.3 is 10.4 Å². The van der Waals surface area contributed by atoms with E-state index in [0.29, 0.717) is 12.5 Å². The Balaban J connectivity index is 2.40. The number of aliphatic hydroxyl groups is 1. The van der Waals surface area contributed by atoms with Crippen LogP contribution in [0.2, 0.25) is 0 Å². The number of aliphatic hydroxyl groups excluding tert-OH is 1. The van der Waals surface area contributed by atoms with Crippen molar-refractivity contribution in [3.8, 4) is 0 Å². The molecule has 0 saturated heterocycles. The zero-order valence-corrected chi connectivity index (χ0v) is 11.6. The minimum atomic E-state index is -0.204. The van der Waals surface area contributed by atoms with Crippen molar-refractivity contribution in [3.63, 3.8) is 0 Å². The van der Waals surface area contributed by atoms with Crippen LogP contribution >= 0.6 is 0 Å². The molecule has 0 heterocycles. The highest BCUT2D eigenvalue weighted by molar-refractivity contribution is 5.81. The summed E-state index contributed by atoms with van der Waals surface area (Å²) in [6, 6.07) is -0.168. The molecule has 3 atom stereocenters. The number of amides is 1. The number of nitrogens with zero attached hydrogens (tertiary/aromatic N) is 1. The quantitative estimate of drug-likeness (QED) is 0.699. The largest absolute Gasteiger partial charge is 0.393 e. The van der Waals surface area contributed by atoms with Crippen LogP contribution in [-0.4, -0.2) is 48.2 Å². The van der Waals surface area contributed by atoms with Gasteiger partial charge in [-0.1, -0.05) is 18.9 Å². The Kier molecular flexibility index (Phi) is 6.36. The molecule has 1 rings (SSSR count). The number of carbonyl (C=O) groups is 1. The molecule has 0 aromatic rings. The highest BCUT2D eigenvalue weighted by atomic mass is 16.3. The zero-order chi connectivity index (χ0) is 13.5. The van der Waals surface area contributed by atoms with Crippen molar-refractivity contribution in [1.29, 1.82) is 0 Å². The van der Waals surface area contributed by atoms with Crippen molar-refractivity contribution in [3.05, 3.63) is 12.7 Å². The number of likely N-dealkylation sites (N-methyl/N-ethyl adjacent to an activating group) is 1. The van der Waals surface area contributed by atoms with Crippen LogP contribution in [0.3, 0.4) is 0 Å². The third-order valence-corrected chi connectivity index (χ3v) is 3.85. The second-order valence-electron chi connectivity index (χ2n) is 5.26. The standard InChI is InChI=1S/C14H26N2O2/c1-4-9-15-14(18)11(2)16(3)10-12-7-5-6-8-13(12)17/h4,11-13,17H,1,5-10H2,2-3H3,(H,15,18). The van der Waals surface area contributed by atoms with Crippen molar-refractivity contribution in [2.24, 2.45) is 5.92 Å². The maximum Gasteiger partial charge on any atom is 0.237 e. The van der Waals surface area contributed by atoms with Crippen molar-refractivity contribution < 1.29 is 9.90 Å². The first-order valence-corrected chi connectivity index (χ1v) is 6.83. The summed E-state index contributed by atoms with van der Waals surface area (Å²) in [5.74, 6) is 0.320. The lowest BCUT2D eigenvalue weighted by atomic mass is 9.86. The Morgan fingerprint density at radius 3 is 2.83 bits per heavy atom. The maximum absolute atomic E-state index is 11.8. The monoisotopic (exact) mass is 254 g/mol. The second-order valence-corrected chi connectivity index (χ2v) is 5.26. The molecule has 1 aliphatic carbocycles. The molecule has 2 N–H and O–H groups in total. The molecule has 0 aromatic heterocycles. The Bertz CT molecular complexity index is 281. The minimum absolute atomic E-state index is 0.0164. The molecule has 0 aromatic carbocycles. The van der Waals surface area contributed by atoms with E-state index in [2.05, 4.69) is 11.9 Å². The number of hydrogen-bond donors (Lipinski definition) is 2. The lowest BCUT2D eigenvalue weighted by molar-refractivity contribution is -0.125. The second kappa shape index (κ2) is 7.54. The average Bonchev–Trinajstić information content (AvgIpc) is 2.37. The molecule has 1 fully saturated rings. The number of nitrogens with one attached hydrogen (secondary N) is 1. The van der Waals surface area contributed by atoms with Gasteiger partial charge >= 0.3 is 0 Å². The van der Waals surface area contributed by atoms with E-state index in [1.807, 2.05) is 18.9 Å². The van der Waals surface area contributed by atoms with Crippen molar-refractivity contribution in [2.75, 3.05) is 20.1 Å². The molecular formula is C14H26N2O2. The van der Waals surface area contributed by atoms with Crippen LogP contribution in [0, 0.1) is 5.92 Å². The fraction of sp³-hybridized carbons (Fsp3) is 0.786. The molecule has 0 spiro atoms. The Labute approximate surface area is 110 Å². The summed E-state index contributed by atoms with van der Waals surface area (Å²) in [6.45, 7) is 6.76. The van der Waals surface area contributed by atoms with Gasteiger partial charge in [0.05, 0.1) is 12.1 Å². The van der Waals surface area contributed by atoms with Crippen LogP contribution in [0.4, 0.5) is 0 Å². The van der Waals surface area contributed by atoms with Crippen molar-refractivity contribution in [2.45, 2.75) is 44.8 Å². The van der Waals surface area contributed by atoms with Crippen LogP contribution in [0.15, 0.2) is 12.7 Å². The molecular weight excluding hydrogens is 228 g/mol. The predicted molar refractivity (Wildman–Crippen MR) is 73.3 cm³/mol. The smallest absolute Gasteiger partial charge is 0.237 e. The summed E-state index contributed by atoms with van der Waals surface area (Å²) in [5, 5.41) is 12.7. The summed E-state index contributed by atoms with van der Waals surface area (Å²) in [4.78, 5) is 13.8. The molecule has 0 radical (unpaired) electrons. The zero-order valence-electron chi connectivity index (χ0n) is 11.6. The first kappa shape index (κ1) is 15.2. The van der Waals surface area contributed by atoms with Gasteiger partial charge in [0.1, 0.15) is 0 Å². The van der Waals surface area contributed by atoms with Gasteiger partial charge in [0.25, 0.3) is 0 Å². The average molecular weight is 254 g/mol. The molecule has 0 aliphatic heterocycles. The van der Waals surface area contributed by atoms with Gasteiger partial charge in [0.2, 0.25) is 5.91 Å². The normalized spacial score (nSPS) is 25.8. The summed E-state index contributed by atoms with van der Waals surface area (Å²) < 4.78 is 0. The molecule has 1 saturated carbocycles. The van der Waals surface area contributed by atoms with Crippen LogP contribution in [0.1, 0.15) is 32.6 Å². The van der Waals surface area contributed by atoms with E-state index in [4.69, 9.17) is 0 Å². The first-order valence-electron chi connectivity index (χ1n) is 6.83. The third kappa shape index (κ3) is 4.42. The fourth-order valence-corrected chi connectivity index (χ4v) is 2.45. The Morgan fingerprint density at radius 2 is 2.22 bits per heavy atom. The fourth-order valence-electron chi connectivity index (χ4n) is 2.45. The molecule has 1 amide bonds. The molecule has 4 nitrogen and oxygen atoms in total. The van der Waals surface area contributed by atoms with E-state index in [1.165, 1.54) is 6.42 Å². The van der Waals surface area contributed by atoms with Crippen LogP contribution in [0.5, 0.6) is 0 Å². The lowest BCUT2D eigenvalue weighted by Crippen LogP contribution is -2.46. The molecule has 0 bridgehead atoms. The van der Waals surface area contributed by atoms with Crippen LogP contribution in [-0.2, 0) is 4.79 Å². The molecule has 1 aliphatic rings. The highest BCUT2D eigenvalue weighted by Gasteiger charge is 2.27. The van der Waals surface area contributed by atoms with Crippen molar-refractivity contribution in [1.82, 2.24) is 10.2 Å². The summed E-state index contributed by atoms with van der Waals surface area (Å²) >= 11 is 0. The van der Waals surface area contributed by atoms with E-state index >= 15 is 0 Å². The van der Waals surface area contributed by atoms with Gasteiger partial charge in [-0.05, 0) is 32.7 Å². The van der Waals surface area contributed by atoms with E-state index in [-0.39, 0.29) is 18.1 Å². The number of carbonyl (C=O) groups excluding carboxylic acids is 1. The predicted octanol–water partition coefficient (Wildman–Crippen LogP) is 1.16. The first-order chi connectivity index (χ1) is 8.56. The van der Waals surface area contributed by atoms with E-state index < -0.39 is 0 Å². The van der Waals surface area contributed by atoms with Gasteiger partial charge in [0.15, 0.2) is 0 Å². The minimum Gasteiger partial charge on any atom is -0.393 e. The van der Waals surface area contributed by atoms with Gasteiger partial charge in [0, 0.05) is 13.1 Å². The molecule has 3 unspecified atom stereocenters. The van der Waals surface area contributed by atoms with Gasteiger partial charge in [-0.3, -0.25) is 9.69 Å². The third-order valence-electron chi connectivity index (χ3n) is 3.85. The van der Waals surface area contributed by atoms with Crippen molar-refractivity contribution >= 4 is 5.91 Å². The van der Waals surface area contributed by atoms with E-state index in [0.717, 1.165) is 25.8 Å². The van der Waals surface area contributed by atoms with E-state index in [1.54, 1.807) is 6.08 Å². The lowest BCUT2D eigenvalue weighted by Gasteiger charge is -2.33. The summed E-state index contributed by atoms with van der Waals surface area (Å²) in [6.07, 6.45) is 5.74. The topological polar surface area (TPSA) is 52.6 Å². The maximum atomic E-state index is 11.8. The van der Waals surface area contributed by atoms with E-state index in [9.17, 15) is 9.90 Å². The molecule has 4 heteroatoms. The van der Waals surface area contributed by atoms with Crippen LogP contribution in [0.25, 0.3) is 0 Å². The SMILES string of the molecule is C=CCNC(=O)C(C)N(C)CC1CCCCC1O. The summed E-state index contributed by atoms with van der Waals surface area (Å²) in [5.41, 5.74) is 0. The van der Waals surface area contributed by atoms with Gasteiger partial charge in [-0.15, -0.1) is 6.58 Å². The highest BCUT2D eigenvalue weighted by Crippen LogP contribution is 2.25. The number of rotatable bonds is 6. The Morgan fingerprint density at radius 1 is 1.56 bits per heavy atom. The Hall–Kier alpha value is -0.870. The number of hydrogen-bond acceptors (Lipinski definition) is 3. The summed E-state index contributed by atoms with van der Waals surface area (Å²) in [7, 11) is 1.94.